The molecule has 1 heterocycles. The predicted molar refractivity (Wildman–Crippen MR) is 122 cm³/mol. The molecule has 0 saturated carbocycles. The molecule has 0 radical (unpaired) electrons. The zero-order valence-corrected chi connectivity index (χ0v) is 19.5. The van der Waals surface area contributed by atoms with Crippen LogP contribution in [0.15, 0.2) is 63.9 Å². The lowest BCUT2D eigenvalue weighted by Gasteiger charge is -2.12. The summed E-state index contributed by atoms with van der Waals surface area (Å²) in [5, 5.41) is 9.27. The highest BCUT2D eigenvalue weighted by Crippen LogP contribution is 2.22. The first kappa shape index (κ1) is 24.8. The van der Waals surface area contributed by atoms with Crippen molar-refractivity contribution >= 4 is 21.8 Å². The van der Waals surface area contributed by atoms with Crippen LogP contribution in [0.25, 0.3) is 11.5 Å². The molecule has 0 amide bonds. The first-order valence-electron chi connectivity index (χ1n) is 10.5. The number of carbonyl (C=O) groups excluding carboxylic acids is 2. The number of oxazole rings is 1. The number of Topliss-reactive ketones (excluding diaryl/α,β-unsaturated/α-hetero) is 1. The molecule has 1 aromatic heterocycles. The third kappa shape index (κ3) is 5.57. The van der Waals surface area contributed by atoms with Gasteiger partial charge in [-0.2, -0.15) is 5.26 Å². The monoisotopic (exact) mass is 481 g/mol. The normalized spacial score (nSPS) is 12.0. The smallest absolute Gasteiger partial charge is 0.331 e. The van der Waals surface area contributed by atoms with E-state index in [0.717, 1.165) is 5.56 Å². The number of esters is 1. The quantitative estimate of drug-likeness (QED) is 0.265. The molecule has 3 rings (SSSR count). The molecule has 0 bridgehead atoms. The van der Waals surface area contributed by atoms with Crippen LogP contribution in [-0.2, 0) is 26.0 Å². The molecule has 10 heteroatoms. The Kier molecular flexibility index (Phi) is 7.94. The fourth-order valence-corrected chi connectivity index (χ4v) is 4.49. The third-order valence-corrected chi connectivity index (χ3v) is 6.44. The topological polar surface area (TPSA) is 139 Å². The molecule has 0 fully saturated rings. The van der Waals surface area contributed by atoms with Gasteiger partial charge in [-0.1, -0.05) is 30.3 Å². The largest absolute Gasteiger partial charge is 0.465 e. The number of nitriles is 1. The van der Waals surface area contributed by atoms with Gasteiger partial charge < -0.3 is 9.15 Å². The first-order valence-corrected chi connectivity index (χ1v) is 12.0. The van der Waals surface area contributed by atoms with Crippen LogP contribution < -0.4 is 4.72 Å². The summed E-state index contributed by atoms with van der Waals surface area (Å²) in [5.74, 6) is -2.72. The van der Waals surface area contributed by atoms with E-state index in [2.05, 4.69) is 9.71 Å². The SMILES string of the molecule is CCOC(=O)C(C#N)C(=O)c1ccccc1S(=O)(=O)NCCc1nc(-c2ccccc2)oc1C. The molecule has 0 saturated heterocycles. The number of hydrogen-bond donors (Lipinski definition) is 1. The van der Waals surface area contributed by atoms with Crippen molar-refractivity contribution in [1.82, 2.24) is 9.71 Å². The van der Waals surface area contributed by atoms with Crippen LogP contribution in [0.1, 0.15) is 28.7 Å². The molecule has 0 aliphatic heterocycles. The average molecular weight is 482 g/mol. The second-order valence-corrected chi connectivity index (χ2v) is 8.95. The van der Waals surface area contributed by atoms with E-state index in [9.17, 15) is 23.3 Å². The van der Waals surface area contributed by atoms with E-state index in [4.69, 9.17) is 9.15 Å². The van der Waals surface area contributed by atoms with Crippen molar-refractivity contribution in [3.63, 3.8) is 0 Å². The van der Waals surface area contributed by atoms with Crippen molar-refractivity contribution in [3.8, 4) is 17.5 Å². The number of aromatic nitrogens is 1. The van der Waals surface area contributed by atoms with Gasteiger partial charge >= 0.3 is 5.97 Å². The minimum absolute atomic E-state index is 0.00792. The number of benzene rings is 2. The van der Waals surface area contributed by atoms with E-state index in [1.54, 1.807) is 19.9 Å². The molecule has 1 unspecified atom stereocenters. The van der Waals surface area contributed by atoms with E-state index in [0.29, 0.717) is 17.3 Å². The van der Waals surface area contributed by atoms with Gasteiger partial charge in [-0.05, 0) is 38.1 Å². The van der Waals surface area contributed by atoms with Gasteiger partial charge in [0.15, 0.2) is 5.78 Å². The van der Waals surface area contributed by atoms with Crippen LogP contribution in [0.2, 0.25) is 0 Å². The van der Waals surface area contributed by atoms with Gasteiger partial charge in [0.1, 0.15) is 5.76 Å². The number of ether oxygens (including phenoxy) is 1. The maximum atomic E-state index is 13.0. The standard InChI is InChI=1S/C24H23N3O6S/c1-3-32-24(29)19(15-25)22(28)18-11-7-8-12-21(18)34(30,31)26-14-13-20-16(2)33-23(27-20)17-9-5-4-6-10-17/h4-12,19,26H,3,13-14H2,1-2H3. The van der Waals surface area contributed by atoms with E-state index in [1.165, 1.54) is 24.3 Å². The number of carbonyl (C=O) groups is 2. The van der Waals surface area contributed by atoms with Crippen LogP contribution in [0, 0.1) is 24.2 Å². The minimum atomic E-state index is -4.13. The number of aryl methyl sites for hydroxylation is 1. The Labute approximate surface area is 197 Å². The summed E-state index contributed by atoms with van der Waals surface area (Å²) in [5.41, 5.74) is 1.13. The number of ketones is 1. The van der Waals surface area contributed by atoms with Gasteiger partial charge in [-0.25, -0.2) is 18.1 Å². The molecule has 9 nitrogen and oxygen atoms in total. The van der Waals surface area contributed by atoms with Crippen molar-refractivity contribution in [1.29, 1.82) is 5.26 Å². The molecule has 2 aromatic carbocycles. The Morgan fingerprint density at radius 1 is 1.15 bits per heavy atom. The molecule has 34 heavy (non-hydrogen) atoms. The highest BCUT2D eigenvalue weighted by atomic mass is 32.2. The second-order valence-electron chi connectivity index (χ2n) is 7.21. The van der Waals surface area contributed by atoms with Gasteiger partial charge in [0.25, 0.3) is 0 Å². The summed E-state index contributed by atoms with van der Waals surface area (Å²) < 4.78 is 38.8. The minimum Gasteiger partial charge on any atom is -0.465 e. The summed E-state index contributed by atoms with van der Waals surface area (Å²) in [6, 6.07) is 16.3. The molecular formula is C24H23N3O6S. The molecule has 3 aromatic rings. The van der Waals surface area contributed by atoms with E-state index in [1.807, 2.05) is 30.3 Å². The summed E-state index contributed by atoms with van der Waals surface area (Å²) in [6.07, 6.45) is 0.251. The summed E-state index contributed by atoms with van der Waals surface area (Å²) >= 11 is 0. The molecule has 1 N–H and O–H groups in total. The van der Waals surface area contributed by atoms with Crippen LogP contribution in [0.5, 0.6) is 0 Å². The molecular weight excluding hydrogens is 458 g/mol. The van der Waals surface area contributed by atoms with Gasteiger partial charge in [0.2, 0.25) is 21.8 Å². The van der Waals surface area contributed by atoms with Crippen LogP contribution in [-0.4, -0.2) is 38.3 Å². The molecule has 1 atom stereocenters. The van der Waals surface area contributed by atoms with Crippen LogP contribution in [0.4, 0.5) is 0 Å². The molecule has 0 aliphatic carbocycles. The summed E-state index contributed by atoms with van der Waals surface area (Å²) in [6.45, 7) is 3.26. The van der Waals surface area contributed by atoms with Gasteiger partial charge in [0, 0.05) is 24.1 Å². The fourth-order valence-electron chi connectivity index (χ4n) is 3.25. The van der Waals surface area contributed by atoms with Crippen molar-refractivity contribution in [2.24, 2.45) is 5.92 Å². The Bertz CT molecular complexity index is 1330. The number of nitrogens with zero attached hydrogens (tertiary/aromatic N) is 2. The Morgan fingerprint density at radius 3 is 2.50 bits per heavy atom. The molecule has 0 spiro atoms. The van der Waals surface area contributed by atoms with Crippen molar-refractivity contribution in [3.05, 3.63) is 71.6 Å². The summed E-state index contributed by atoms with van der Waals surface area (Å²) in [4.78, 5) is 28.9. The van der Waals surface area contributed by atoms with E-state index >= 15 is 0 Å². The van der Waals surface area contributed by atoms with Crippen LogP contribution in [0.3, 0.4) is 0 Å². The molecule has 176 valence electrons. The first-order chi connectivity index (χ1) is 16.3. The molecule has 0 aliphatic rings. The van der Waals surface area contributed by atoms with Gasteiger partial charge in [-0.3, -0.25) is 9.59 Å². The number of sulfonamides is 1. The van der Waals surface area contributed by atoms with Crippen LogP contribution >= 0.6 is 0 Å². The van der Waals surface area contributed by atoms with E-state index < -0.39 is 27.7 Å². The fraction of sp³-hybridized carbons (Fsp3) is 0.250. The third-order valence-electron chi connectivity index (χ3n) is 4.92. The van der Waals surface area contributed by atoms with Crippen molar-refractivity contribution in [2.75, 3.05) is 13.2 Å². The predicted octanol–water partition coefficient (Wildman–Crippen LogP) is 3.06. The van der Waals surface area contributed by atoms with E-state index in [-0.39, 0.29) is 30.0 Å². The highest BCUT2D eigenvalue weighted by Gasteiger charge is 2.32. The maximum absolute atomic E-state index is 13.0. The lowest BCUT2D eigenvalue weighted by molar-refractivity contribution is -0.144. The zero-order valence-electron chi connectivity index (χ0n) is 18.6. The maximum Gasteiger partial charge on any atom is 0.331 e. The van der Waals surface area contributed by atoms with Crippen molar-refractivity contribution < 1.29 is 27.2 Å². The lowest BCUT2D eigenvalue weighted by atomic mass is 9.99. The van der Waals surface area contributed by atoms with Crippen molar-refractivity contribution in [2.45, 2.75) is 25.2 Å². The average Bonchev–Trinajstić information content (AvgIpc) is 3.20. The zero-order chi connectivity index (χ0) is 24.7. The summed E-state index contributed by atoms with van der Waals surface area (Å²) in [7, 11) is -4.13. The second kappa shape index (κ2) is 10.9. The van der Waals surface area contributed by atoms with Gasteiger partial charge in [-0.15, -0.1) is 0 Å². The van der Waals surface area contributed by atoms with Gasteiger partial charge in [0.05, 0.1) is 23.3 Å². The Morgan fingerprint density at radius 2 is 1.82 bits per heavy atom. The number of rotatable bonds is 10. The number of nitrogens with one attached hydrogen (secondary N) is 1. The Hall–Kier alpha value is -3.81. The lowest BCUT2D eigenvalue weighted by Crippen LogP contribution is -2.30. The number of hydrogen-bond acceptors (Lipinski definition) is 8. The Balaban J connectivity index is 1.76. The highest BCUT2D eigenvalue weighted by molar-refractivity contribution is 7.89.